The number of ether oxygens (including phenoxy) is 1. The summed E-state index contributed by atoms with van der Waals surface area (Å²) in [5, 5.41) is 13.8. The third-order valence-electron chi connectivity index (χ3n) is 5.89. The zero-order chi connectivity index (χ0) is 24.6. The van der Waals surface area contributed by atoms with E-state index in [2.05, 4.69) is 0 Å². The Morgan fingerprint density at radius 2 is 1.94 bits per heavy atom. The summed E-state index contributed by atoms with van der Waals surface area (Å²) in [6.07, 6.45) is 0. The number of anilines is 1. The average Bonchev–Trinajstić information content (AvgIpc) is 3.34. The van der Waals surface area contributed by atoms with E-state index in [1.54, 1.807) is 36.4 Å². The molecule has 1 N–H and O–H groups in total. The fraction of sp³-hybridized carbons (Fsp3) is 0.259. The molecule has 1 aliphatic heterocycles. The number of rotatable bonds is 6. The number of aliphatic hydroxyl groups is 1. The average molecular weight is 496 g/mol. The zero-order valence-corrected chi connectivity index (χ0v) is 21.0. The summed E-state index contributed by atoms with van der Waals surface area (Å²) in [6.45, 7) is 8.44. The summed E-state index contributed by atoms with van der Waals surface area (Å²) in [6, 6.07) is 13.4. The van der Waals surface area contributed by atoms with Gasteiger partial charge in [-0.3, -0.25) is 14.5 Å². The van der Waals surface area contributed by atoms with Crippen molar-refractivity contribution in [3.8, 4) is 5.75 Å². The van der Waals surface area contributed by atoms with E-state index in [-0.39, 0.29) is 17.3 Å². The third-order valence-corrected chi connectivity index (χ3v) is 7.19. The summed E-state index contributed by atoms with van der Waals surface area (Å²) in [5.41, 5.74) is 2.88. The number of carbonyl (C=O) groups excluding carboxylic acids is 2. The molecule has 0 aliphatic carbocycles. The highest BCUT2D eigenvalue weighted by Gasteiger charge is 2.48. The van der Waals surface area contributed by atoms with Crippen molar-refractivity contribution in [2.75, 3.05) is 11.5 Å². The van der Waals surface area contributed by atoms with Crippen LogP contribution in [0.5, 0.6) is 5.75 Å². The number of benzene rings is 2. The number of carbonyl (C=O) groups is 2. The van der Waals surface area contributed by atoms with Gasteiger partial charge in [0, 0.05) is 21.2 Å². The van der Waals surface area contributed by atoms with Crippen LogP contribution in [0, 0.1) is 6.92 Å². The molecule has 1 fully saturated rings. The van der Waals surface area contributed by atoms with E-state index in [1.807, 2.05) is 45.2 Å². The van der Waals surface area contributed by atoms with Gasteiger partial charge in [0.2, 0.25) is 0 Å². The van der Waals surface area contributed by atoms with Crippen molar-refractivity contribution in [1.82, 2.24) is 0 Å². The number of nitrogens with zero attached hydrogens (tertiary/aromatic N) is 1. The molecule has 7 heteroatoms. The molecule has 2 aromatic carbocycles. The maximum Gasteiger partial charge on any atom is 0.300 e. The van der Waals surface area contributed by atoms with Crippen LogP contribution in [0.2, 0.25) is 5.02 Å². The highest BCUT2D eigenvalue weighted by molar-refractivity contribution is 7.10. The first-order valence-electron chi connectivity index (χ1n) is 11.1. The van der Waals surface area contributed by atoms with Gasteiger partial charge in [-0.15, -0.1) is 11.3 Å². The normalized spacial score (nSPS) is 17.6. The zero-order valence-electron chi connectivity index (χ0n) is 19.5. The molecule has 3 aromatic rings. The van der Waals surface area contributed by atoms with Gasteiger partial charge in [0.1, 0.15) is 17.6 Å². The first-order valence-corrected chi connectivity index (χ1v) is 12.4. The van der Waals surface area contributed by atoms with E-state index >= 15 is 0 Å². The summed E-state index contributed by atoms with van der Waals surface area (Å²) in [4.78, 5) is 28.8. The van der Waals surface area contributed by atoms with Crippen LogP contribution in [-0.4, -0.2) is 23.4 Å². The van der Waals surface area contributed by atoms with Crippen LogP contribution in [0.1, 0.15) is 54.3 Å². The lowest BCUT2D eigenvalue weighted by Crippen LogP contribution is -2.29. The third kappa shape index (κ3) is 4.24. The van der Waals surface area contributed by atoms with Crippen LogP contribution in [0.3, 0.4) is 0 Å². The van der Waals surface area contributed by atoms with Crippen LogP contribution >= 0.6 is 22.9 Å². The number of halogens is 1. The topological polar surface area (TPSA) is 66.8 Å². The number of hydrogen-bond acceptors (Lipinski definition) is 5. The van der Waals surface area contributed by atoms with E-state index in [0.29, 0.717) is 22.9 Å². The van der Waals surface area contributed by atoms with Crippen molar-refractivity contribution in [3.05, 3.63) is 86.1 Å². The second kappa shape index (κ2) is 9.65. The second-order valence-corrected chi connectivity index (χ2v) is 9.84. The maximum atomic E-state index is 13.3. The van der Waals surface area contributed by atoms with Crippen LogP contribution in [0.25, 0.3) is 5.76 Å². The van der Waals surface area contributed by atoms with Crippen molar-refractivity contribution in [3.63, 3.8) is 0 Å². The first-order chi connectivity index (χ1) is 16.2. The maximum absolute atomic E-state index is 13.3. The lowest BCUT2D eigenvalue weighted by molar-refractivity contribution is -0.132. The lowest BCUT2D eigenvalue weighted by atomic mass is 9.94. The molecule has 0 bridgehead atoms. The standard InChI is InChI=1S/C27H26ClNO4S/c1-5-33-21-10-9-17(13-20(21)15(2)3)24(30)22-23(26-16(4)11-12-34-26)29(27(32)25(22)31)19-8-6-7-18(28)14-19/h6-15,23,30H,5H2,1-4H3/b24-22-. The largest absolute Gasteiger partial charge is 0.507 e. The monoisotopic (exact) mass is 495 g/mol. The molecule has 1 unspecified atom stereocenters. The molecule has 1 amide bonds. The Morgan fingerprint density at radius 3 is 2.56 bits per heavy atom. The molecular formula is C27H26ClNO4S. The summed E-state index contributed by atoms with van der Waals surface area (Å²) >= 11 is 7.64. The number of aryl methyl sites for hydroxylation is 1. The van der Waals surface area contributed by atoms with Crippen LogP contribution in [-0.2, 0) is 9.59 Å². The number of hydrogen-bond donors (Lipinski definition) is 1. The molecule has 1 saturated heterocycles. The Hall–Kier alpha value is -3.09. The molecular weight excluding hydrogens is 470 g/mol. The molecule has 176 valence electrons. The lowest BCUT2D eigenvalue weighted by Gasteiger charge is -2.25. The van der Waals surface area contributed by atoms with Crippen LogP contribution < -0.4 is 9.64 Å². The summed E-state index contributed by atoms with van der Waals surface area (Å²) in [7, 11) is 0. The molecule has 0 radical (unpaired) electrons. The number of Topliss-reactive ketones (excluding diaryl/α,β-unsaturated/α-hetero) is 1. The van der Waals surface area contributed by atoms with Crippen molar-refractivity contribution >= 4 is 46.1 Å². The highest BCUT2D eigenvalue weighted by Crippen LogP contribution is 2.45. The minimum Gasteiger partial charge on any atom is -0.507 e. The van der Waals surface area contributed by atoms with Gasteiger partial charge in [0.15, 0.2) is 0 Å². The minimum atomic E-state index is -0.757. The Bertz CT molecular complexity index is 1290. The summed E-state index contributed by atoms with van der Waals surface area (Å²) < 4.78 is 5.74. The van der Waals surface area contributed by atoms with Crippen molar-refractivity contribution < 1.29 is 19.4 Å². The van der Waals surface area contributed by atoms with Gasteiger partial charge in [-0.1, -0.05) is 31.5 Å². The van der Waals surface area contributed by atoms with Gasteiger partial charge in [-0.2, -0.15) is 0 Å². The molecule has 1 aromatic heterocycles. The number of amides is 1. The second-order valence-electron chi connectivity index (χ2n) is 8.46. The quantitative estimate of drug-likeness (QED) is 0.230. The number of aliphatic hydroxyl groups excluding tert-OH is 1. The molecule has 2 heterocycles. The number of ketones is 1. The fourth-order valence-corrected chi connectivity index (χ4v) is 5.44. The highest BCUT2D eigenvalue weighted by atomic mass is 35.5. The minimum absolute atomic E-state index is 0.0643. The van der Waals surface area contributed by atoms with E-state index in [9.17, 15) is 14.7 Å². The molecule has 34 heavy (non-hydrogen) atoms. The molecule has 1 atom stereocenters. The molecule has 1 aliphatic rings. The van der Waals surface area contributed by atoms with Crippen molar-refractivity contribution in [2.24, 2.45) is 0 Å². The van der Waals surface area contributed by atoms with E-state index in [1.165, 1.54) is 16.2 Å². The van der Waals surface area contributed by atoms with Gasteiger partial charge in [0.05, 0.1) is 12.2 Å². The SMILES string of the molecule is CCOc1ccc(/C(O)=C2/C(=O)C(=O)N(c3cccc(Cl)c3)C2c2sccc2C)cc1C(C)C. The Balaban J connectivity index is 1.93. The van der Waals surface area contributed by atoms with Gasteiger partial charge >= 0.3 is 0 Å². The van der Waals surface area contributed by atoms with E-state index in [4.69, 9.17) is 16.3 Å². The van der Waals surface area contributed by atoms with Gasteiger partial charge in [-0.25, -0.2) is 0 Å². The van der Waals surface area contributed by atoms with Gasteiger partial charge in [-0.05, 0) is 78.7 Å². The van der Waals surface area contributed by atoms with Gasteiger partial charge in [0.25, 0.3) is 11.7 Å². The van der Waals surface area contributed by atoms with Crippen molar-refractivity contribution in [1.29, 1.82) is 0 Å². The fourth-order valence-electron chi connectivity index (χ4n) is 4.23. The molecule has 4 rings (SSSR count). The predicted molar refractivity (Wildman–Crippen MR) is 137 cm³/mol. The van der Waals surface area contributed by atoms with E-state index < -0.39 is 17.7 Å². The van der Waals surface area contributed by atoms with E-state index in [0.717, 1.165) is 21.8 Å². The first kappa shape index (κ1) is 24.0. The van der Waals surface area contributed by atoms with Crippen LogP contribution in [0.4, 0.5) is 5.69 Å². The molecule has 0 saturated carbocycles. The molecule has 5 nitrogen and oxygen atoms in total. The Labute approximate surface area is 208 Å². The predicted octanol–water partition coefficient (Wildman–Crippen LogP) is 6.86. The number of thiophene rings is 1. The Morgan fingerprint density at radius 1 is 1.18 bits per heavy atom. The molecule has 0 spiro atoms. The van der Waals surface area contributed by atoms with Crippen molar-refractivity contribution in [2.45, 2.75) is 39.7 Å². The van der Waals surface area contributed by atoms with Gasteiger partial charge < -0.3 is 9.84 Å². The smallest absolute Gasteiger partial charge is 0.300 e. The van der Waals surface area contributed by atoms with Crippen LogP contribution in [0.15, 0.2) is 59.5 Å². The summed E-state index contributed by atoms with van der Waals surface area (Å²) in [5.74, 6) is -0.755. The Kier molecular flexibility index (Phi) is 6.82.